The topological polar surface area (TPSA) is 104 Å². The Balaban J connectivity index is 1.84. The van der Waals surface area contributed by atoms with Crippen LogP contribution in [-0.4, -0.2) is 26.8 Å². The molecule has 3 N–H and O–H groups in total. The van der Waals surface area contributed by atoms with Crippen molar-refractivity contribution in [3.05, 3.63) is 87.8 Å². The lowest BCUT2D eigenvalue weighted by molar-refractivity contribution is -0.138. The molecule has 156 valence electrons. The molecule has 10 heteroatoms. The minimum Gasteiger partial charge on any atom is -0.481 e. The summed E-state index contributed by atoms with van der Waals surface area (Å²) in [6.07, 6.45) is -5.09. The SMILES string of the molecule is O=C(O)CC(NC(=O)c1cc(=O)n(-c2ccccc2)[nH]1)c1ccc(C(F)(F)F)cc1. The molecule has 0 radical (unpaired) electrons. The van der Waals surface area contributed by atoms with Crippen LogP contribution in [0.15, 0.2) is 65.5 Å². The lowest BCUT2D eigenvalue weighted by Crippen LogP contribution is -2.30. The van der Waals surface area contributed by atoms with E-state index in [1.165, 1.54) is 0 Å². The Morgan fingerprint density at radius 2 is 1.70 bits per heavy atom. The predicted molar refractivity (Wildman–Crippen MR) is 100 cm³/mol. The molecule has 0 aliphatic carbocycles. The fourth-order valence-electron chi connectivity index (χ4n) is 2.85. The number of H-pyrrole nitrogens is 1. The molecule has 30 heavy (non-hydrogen) atoms. The number of benzene rings is 2. The number of carbonyl (C=O) groups excluding carboxylic acids is 1. The second-order valence-electron chi connectivity index (χ2n) is 6.42. The van der Waals surface area contributed by atoms with Crippen LogP contribution in [0.2, 0.25) is 0 Å². The normalized spacial score (nSPS) is 12.4. The number of alkyl halides is 3. The third-order valence-electron chi connectivity index (χ3n) is 4.30. The fourth-order valence-corrected chi connectivity index (χ4v) is 2.85. The van der Waals surface area contributed by atoms with Gasteiger partial charge in [0.05, 0.1) is 23.7 Å². The molecule has 0 aliphatic heterocycles. The van der Waals surface area contributed by atoms with Gasteiger partial charge in [0.15, 0.2) is 0 Å². The standard InChI is InChI=1S/C20H16F3N3O4/c21-20(22,23)13-8-6-12(7-9-13)15(11-18(28)29)24-19(30)16-10-17(27)26(25-16)14-4-2-1-3-5-14/h1-10,15,25H,11H2,(H,24,30)(H,28,29). The summed E-state index contributed by atoms with van der Waals surface area (Å²) in [5.41, 5.74) is -0.840. The van der Waals surface area contributed by atoms with Gasteiger partial charge in [-0.2, -0.15) is 13.2 Å². The van der Waals surface area contributed by atoms with Crippen molar-refractivity contribution < 1.29 is 27.9 Å². The quantitative estimate of drug-likeness (QED) is 0.571. The van der Waals surface area contributed by atoms with Gasteiger partial charge in [-0.1, -0.05) is 30.3 Å². The second kappa shape index (κ2) is 8.27. The van der Waals surface area contributed by atoms with Crippen LogP contribution in [0.5, 0.6) is 0 Å². The van der Waals surface area contributed by atoms with E-state index in [4.69, 9.17) is 5.11 Å². The lowest BCUT2D eigenvalue weighted by Gasteiger charge is -2.18. The molecule has 0 saturated heterocycles. The molecule has 2 aromatic carbocycles. The molecular weight excluding hydrogens is 403 g/mol. The number of hydrogen-bond acceptors (Lipinski definition) is 3. The molecular formula is C20H16F3N3O4. The number of halogens is 3. The van der Waals surface area contributed by atoms with Crippen LogP contribution < -0.4 is 10.9 Å². The van der Waals surface area contributed by atoms with E-state index in [2.05, 4.69) is 10.4 Å². The number of rotatable bonds is 6. The highest BCUT2D eigenvalue weighted by Crippen LogP contribution is 2.30. The number of aromatic amines is 1. The molecule has 3 rings (SSSR count). The van der Waals surface area contributed by atoms with Crippen molar-refractivity contribution in [2.24, 2.45) is 0 Å². The van der Waals surface area contributed by atoms with Crippen LogP contribution >= 0.6 is 0 Å². The molecule has 3 aromatic rings. The van der Waals surface area contributed by atoms with E-state index < -0.39 is 41.6 Å². The van der Waals surface area contributed by atoms with E-state index >= 15 is 0 Å². The molecule has 0 fully saturated rings. The van der Waals surface area contributed by atoms with E-state index in [1.54, 1.807) is 30.3 Å². The van der Waals surface area contributed by atoms with Gasteiger partial charge in [-0.05, 0) is 29.8 Å². The van der Waals surface area contributed by atoms with Crippen molar-refractivity contribution in [3.63, 3.8) is 0 Å². The molecule has 7 nitrogen and oxygen atoms in total. The number of nitrogens with zero attached hydrogens (tertiary/aromatic N) is 1. The third-order valence-corrected chi connectivity index (χ3v) is 4.30. The number of carboxylic acid groups (broad SMARTS) is 1. The predicted octanol–water partition coefficient (Wildman–Crippen LogP) is 3.13. The summed E-state index contributed by atoms with van der Waals surface area (Å²) in [6, 6.07) is 12.2. The first-order valence-corrected chi connectivity index (χ1v) is 8.72. The van der Waals surface area contributed by atoms with Crippen molar-refractivity contribution in [2.45, 2.75) is 18.6 Å². The van der Waals surface area contributed by atoms with E-state index in [0.717, 1.165) is 35.0 Å². The molecule has 1 amide bonds. The average Bonchev–Trinajstić information content (AvgIpc) is 3.09. The highest BCUT2D eigenvalue weighted by atomic mass is 19.4. The zero-order valence-corrected chi connectivity index (χ0v) is 15.3. The van der Waals surface area contributed by atoms with Crippen molar-refractivity contribution in [2.75, 3.05) is 0 Å². The third kappa shape index (κ3) is 4.77. The Morgan fingerprint density at radius 3 is 2.27 bits per heavy atom. The second-order valence-corrected chi connectivity index (χ2v) is 6.42. The first-order valence-electron chi connectivity index (χ1n) is 8.72. The summed E-state index contributed by atoms with van der Waals surface area (Å²) in [7, 11) is 0. The van der Waals surface area contributed by atoms with E-state index in [1.807, 2.05) is 0 Å². The van der Waals surface area contributed by atoms with Gasteiger partial charge in [0, 0.05) is 6.07 Å². The maximum Gasteiger partial charge on any atom is 0.416 e. The summed E-state index contributed by atoms with van der Waals surface area (Å²) in [6.45, 7) is 0. The Hall–Kier alpha value is -3.82. The van der Waals surface area contributed by atoms with Gasteiger partial charge in [0.25, 0.3) is 11.5 Å². The molecule has 0 saturated carbocycles. The van der Waals surface area contributed by atoms with E-state index in [0.29, 0.717) is 5.69 Å². The highest BCUT2D eigenvalue weighted by molar-refractivity contribution is 5.92. The van der Waals surface area contributed by atoms with Gasteiger partial charge in [0.2, 0.25) is 0 Å². The molecule has 0 bridgehead atoms. The molecule has 0 aliphatic rings. The van der Waals surface area contributed by atoms with Gasteiger partial charge in [0.1, 0.15) is 5.69 Å². The molecule has 1 aromatic heterocycles. The summed E-state index contributed by atoms with van der Waals surface area (Å²) in [5.74, 6) is -2.02. The van der Waals surface area contributed by atoms with Crippen LogP contribution in [0.4, 0.5) is 13.2 Å². The van der Waals surface area contributed by atoms with Crippen LogP contribution in [-0.2, 0) is 11.0 Å². The largest absolute Gasteiger partial charge is 0.481 e. The average molecular weight is 419 g/mol. The lowest BCUT2D eigenvalue weighted by atomic mass is 10.0. The van der Waals surface area contributed by atoms with Crippen molar-refractivity contribution >= 4 is 11.9 Å². The maximum atomic E-state index is 12.7. The first kappa shape index (κ1) is 20.9. The van der Waals surface area contributed by atoms with Crippen LogP contribution in [0, 0.1) is 0 Å². The Morgan fingerprint density at radius 1 is 1.07 bits per heavy atom. The Labute approximate surface area is 167 Å². The van der Waals surface area contributed by atoms with Gasteiger partial charge in [-0.25, -0.2) is 4.68 Å². The fraction of sp³-hybridized carbons (Fsp3) is 0.150. The van der Waals surface area contributed by atoms with Crippen molar-refractivity contribution in [1.82, 2.24) is 15.1 Å². The number of amides is 1. The minimum atomic E-state index is -4.54. The van der Waals surface area contributed by atoms with Gasteiger partial charge in [-0.15, -0.1) is 0 Å². The van der Waals surface area contributed by atoms with Crippen molar-refractivity contribution in [3.8, 4) is 5.69 Å². The molecule has 1 atom stereocenters. The summed E-state index contributed by atoms with van der Waals surface area (Å²) < 4.78 is 39.4. The number of carboxylic acids is 1. The van der Waals surface area contributed by atoms with Crippen LogP contribution in [0.3, 0.4) is 0 Å². The van der Waals surface area contributed by atoms with Crippen molar-refractivity contribution in [1.29, 1.82) is 0 Å². The number of nitrogens with one attached hydrogen (secondary N) is 2. The summed E-state index contributed by atoms with van der Waals surface area (Å²) >= 11 is 0. The van der Waals surface area contributed by atoms with Gasteiger partial charge in [-0.3, -0.25) is 19.5 Å². The number of carbonyl (C=O) groups is 2. The number of hydrogen-bond donors (Lipinski definition) is 3. The minimum absolute atomic E-state index is 0.119. The number of aliphatic carboxylic acids is 1. The summed E-state index contributed by atoms with van der Waals surface area (Å²) in [4.78, 5) is 35.9. The Bertz CT molecular complexity index is 1100. The van der Waals surface area contributed by atoms with Crippen LogP contribution in [0.1, 0.15) is 34.1 Å². The molecule has 0 spiro atoms. The number of aromatic nitrogens is 2. The summed E-state index contributed by atoms with van der Waals surface area (Å²) in [5, 5.41) is 14.2. The zero-order chi connectivity index (χ0) is 21.9. The van der Waals surface area contributed by atoms with Crippen LogP contribution in [0.25, 0.3) is 5.69 Å². The number of para-hydroxylation sites is 1. The van der Waals surface area contributed by atoms with Gasteiger partial charge >= 0.3 is 12.1 Å². The zero-order valence-electron chi connectivity index (χ0n) is 15.3. The highest BCUT2D eigenvalue weighted by Gasteiger charge is 2.30. The first-order chi connectivity index (χ1) is 14.1. The Kier molecular flexibility index (Phi) is 5.77. The van der Waals surface area contributed by atoms with E-state index in [-0.39, 0.29) is 11.3 Å². The van der Waals surface area contributed by atoms with Gasteiger partial charge < -0.3 is 10.4 Å². The maximum absolute atomic E-state index is 12.7. The van der Waals surface area contributed by atoms with E-state index in [9.17, 15) is 27.6 Å². The molecule has 1 unspecified atom stereocenters. The smallest absolute Gasteiger partial charge is 0.416 e. The molecule has 1 heterocycles. The monoisotopic (exact) mass is 419 g/mol.